The lowest BCUT2D eigenvalue weighted by molar-refractivity contribution is -0.123. The molecule has 29 heavy (non-hydrogen) atoms. The summed E-state index contributed by atoms with van der Waals surface area (Å²) < 4.78 is 0. The summed E-state index contributed by atoms with van der Waals surface area (Å²) in [6.45, 7) is 4.38. The minimum absolute atomic E-state index is 0.0454. The molecule has 1 aliphatic carbocycles. The standard InChI is InChI=1S/C25H28N2O2/c1-17-12-13-23(18(2)14-17)27(25(29)19-8-4-3-5-9-19)16-21-15-20-10-6-7-11-22(20)26-24(21)28/h6-7,10-15,19H,3-5,8-9,16H2,1-2H3,(H,26,28). The Morgan fingerprint density at radius 2 is 1.79 bits per heavy atom. The zero-order valence-corrected chi connectivity index (χ0v) is 17.2. The number of carbonyl (C=O) groups is 1. The molecule has 4 rings (SSSR count). The van der Waals surface area contributed by atoms with Crippen molar-refractivity contribution in [2.75, 3.05) is 4.90 Å². The van der Waals surface area contributed by atoms with Crippen molar-refractivity contribution >= 4 is 22.5 Å². The van der Waals surface area contributed by atoms with Crippen molar-refractivity contribution in [2.45, 2.75) is 52.5 Å². The molecule has 0 unspecified atom stereocenters. The van der Waals surface area contributed by atoms with Crippen LogP contribution in [0.5, 0.6) is 0 Å². The summed E-state index contributed by atoms with van der Waals surface area (Å²) in [5.41, 5.74) is 4.44. The van der Waals surface area contributed by atoms with Crippen molar-refractivity contribution in [2.24, 2.45) is 5.92 Å². The number of aryl methyl sites for hydroxylation is 2. The van der Waals surface area contributed by atoms with Crippen molar-refractivity contribution in [3.8, 4) is 0 Å². The molecule has 4 nitrogen and oxygen atoms in total. The number of rotatable bonds is 4. The van der Waals surface area contributed by atoms with Crippen molar-refractivity contribution in [1.29, 1.82) is 0 Å². The van der Waals surface area contributed by atoms with E-state index in [1.807, 2.05) is 54.3 Å². The molecule has 1 saturated carbocycles. The Morgan fingerprint density at radius 1 is 1.03 bits per heavy atom. The normalized spacial score (nSPS) is 14.8. The number of nitrogens with zero attached hydrogens (tertiary/aromatic N) is 1. The van der Waals surface area contributed by atoms with Gasteiger partial charge in [-0.15, -0.1) is 0 Å². The maximum absolute atomic E-state index is 13.5. The van der Waals surface area contributed by atoms with Crippen molar-refractivity contribution < 1.29 is 4.79 Å². The van der Waals surface area contributed by atoms with Gasteiger partial charge in [0.25, 0.3) is 5.56 Å². The van der Waals surface area contributed by atoms with Gasteiger partial charge in [-0.1, -0.05) is 55.2 Å². The fraction of sp³-hybridized carbons (Fsp3) is 0.360. The molecule has 2 aromatic carbocycles. The zero-order valence-electron chi connectivity index (χ0n) is 17.2. The predicted molar refractivity (Wildman–Crippen MR) is 118 cm³/mol. The van der Waals surface area contributed by atoms with Gasteiger partial charge in [0.1, 0.15) is 0 Å². The lowest BCUT2D eigenvalue weighted by Gasteiger charge is -2.30. The summed E-state index contributed by atoms with van der Waals surface area (Å²) in [5.74, 6) is 0.188. The van der Waals surface area contributed by atoms with Crippen LogP contribution in [0, 0.1) is 19.8 Å². The minimum Gasteiger partial charge on any atom is -0.322 e. The highest BCUT2D eigenvalue weighted by Crippen LogP contribution is 2.30. The van der Waals surface area contributed by atoms with Crippen LogP contribution in [0.25, 0.3) is 10.9 Å². The number of pyridine rings is 1. The average molecular weight is 389 g/mol. The topological polar surface area (TPSA) is 53.2 Å². The first-order valence-electron chi connectivity index (χ1n) is 10.5. The quantitative estimate of drug-likeness (QED) is 0.663. The van der Waals surface area contributed by atoms with E-state index in [4.69, 9.17) is 0 Å². The fourth-order valence-electron chi connectivity index (χ4n) is 4.44. The number of nitrogens with one attached hydrogen (secondary N) is 1. The molecule has 1 fully saturated rings. The molecule has 0 bridgehead atoms. The molecular formula is C25H28N2O2. The second kappa shape index (κ2) is 8.24. The smallest absolute Gasteiger partial charge is 0.253 e. The molecule has 0 aliphatic heterocycles. The number of aromatic nitrogens is 1. The van der Waals surface area contributed by atoms with E-state index in [1.54, 1.807) is 0 Å². The third-order valence-corrected chi connectivity index (χ3v) is 6.02. The van der Waals surface area contributed by atoms with Crippen molar-refractivity contribution in [3.05, 3.63) is 75.6 Å². The summed E-state index contributed by atoms with van der Waals surface area (Å²) in [7, 11) is 0. The number of fused-ring (bicyclic) bond motifs is 1. The number of amides is 1. The number of aromatic amines is 1. The van der Waals surface area contributed by atoms with Gasteiger partial charge in [0, 0.05) is 22.7 Å². The van der Waals surface area contributed by atoms with E-state index in [2.05, 4.69) is 18.0 Å². The van der Waals surface area contributed by atoms with Crippen LogP contribution >= 0.6 is 0 Å². The van der Waals surface area contributed by atoms with E-state index in [-0.39, 0.29) is 17.4 Å². The van der Waals surface area contributed by atoms with Gasteiger partial charge < -0.3 is 9.88 Å². The first-order valence-corrected chi connectivity index (χ1v) is 10.5. The lowest BCUT2D eigenvalue weighted by Crippen LogP contribution is -2.38. The van der Waals surface area contributed by atoms with Crippen LogP contribution < -0.4 is 10.5 Å². The van der Waals surface area contributed by atoms with Gasteiger partial charge in [0.2, 0.25) is 5.91 Å². The Balaban J connectivity index is 1.74. The molecule has 0 spiro atoms. The average Bonchev–Trinajstić information content (AvgIpc) is 2.73. The summed E-state index contributed by atoms with van der Waals surface area (Å²) in [6.07, 6.45) is 5.29. The highest BCUT2D eigenvalue weighted by molar-refractivity contribution is 5.96. The molecule has 1 heterocycles. The van der Waals surface area contributed by atoms with Crippen LogP contribution in [-0.2, 0) is 11.3 Å². The Morgan fingerprint density at radius 3 is 2.55 bits per heavy atom. The first kappa shape index (κ1) is 19.4. The van der Waals surface area contributed by atoms with Crippen LogP contribution in [0.4, 0.5) is 5.69 Å². The van der Waals surface area contributed by atoms with E-state index in [9.17, 15) is 9.59 Å². The summed E-state index contributed by atoms with van der Waals surface area (Å²) in [6, 6.07) is 15.8. The third kappa shape index (κ3) is 4.12. The van der Waals surface area contributed by atoms with Crippen molar-refractivity contribution in [3.63, 3.8) is 0 Å². The molecule has 1 N–H and O–H groups in total. The first-order chi connectivity index (χ1) is 14.0. The van der Waals surface area contributed by atoms with E-state index in [1.165, 1.54) is 12.0 Å². The number of benzene rings is 2. The number of anilines is 1. The monoisotopic (exact) mass is 388 g/mol. The molecule has 1 aromatic heterocycles. The Labute approximate surface area is 171 Å². The molecule has 1 aliphatic rings. The largest absolute Gasteiger partial charge is 0.322 e. The van der Waals surface area contributed by atoms with Crippen LogP contribution in [0.1, 0.15) is 48.8 Å². The second-order valence-corrected chi connectivity index (χ2v) is 8.26. The maximum atomic E-state index is 13.5. The molecule has 0 radical (unpaired) electrons. The molecule has 3 aromatic rings. The van der Waals surface area contributed by atoms with Gasteiger partial charge in [0.15, 0.2) is 0 Å². The number of hydrogen-bond donors (Lipinski definition) is 1. The number of H-pyrrole nitrogens is 1. The predicted octanol–water partition coefficient (Wildman–Crippen LogP) is 5.26. The van der Waals surface area contributed by atoms with Gasteiger partial charge in [-0.25, -0.2) is 0 Å². The number of carbonyl (C=O) groups excluding carboxylic acids is 1. The van der Waals surface area contributed by atoms with Gasteiger partial charge in [0.05, 0.1) is 6.54 Å². The van der Waals surface area contributed by atoms with Crippen LogP contribution in [0.3, 0.4) is 0 Å². The van der Waals surface area contributed by atoms with Gasteiger partial charge in [-0.2, -0.15) is 0 Å². The Kier molecular flexibility index (Phi) is 5.52. The molecule has 1 amide bonds. The van der Waals surface area contributed by atoms with E-state index in [0.29, 0.717) is 12.1 Å². The van der Waals surface area contributed by atoms with Crippen LogP contribution in [-0.4, -0.2) is 10.9 Å². The molecule has 150 valence electrons. The second-order valence-electron chi connectivity index (χ2n) is 8.26. The summed E-state index contributed by atoms with van der Waals surface area (Å²) >= 11 is 0. The number of para-hydroxylation sites is 1. The van der Waals surface area contributed by atoms with E-state index >= 15 is 0 Å². The Hall–Kier alpha value is -2.88. The minimum atomic E-state index is -0.130. The summed E-state index contributed by atoms with van der Waals surface area (Å²) in [4.78, 5) is 31.1. The van der Waals surface area contributed by atoms with Crippen LogP contribution in [0.15, 0.2) is 53.3 Å². The third-order valence-electron chi connectivity index (χ3n) is 6.02. The van der Waals surface area contributed by atoms with Gasteiger partial charge in [-0.3, -0.25) is 9.59 Å². The van der Waals surface area contributed by atoms with E-state index < -0.39 is 0 Å². The zero-order chi connectivity index (χ0) is 20.4. The van der Waals surface area contributed by atoms with Gasteiger partial charge >= 0.3 is 0 Å². The number of hydrogen-bond acceptors (Lipinski definition) is 2. The fourth-order valence-corrected chi connectivity index (χ4v) is 4.44. The molecule has 0 atom stereocenters. The van der Waals surface area contributed by atoms with Crippen LogP contribution in [0.2, 0.25) is 0 Å². The highest BCUT2D eigenvalue weighted by Gasteiger charge is 2.28. The lowest BCUT2D eigenvalue weighted by atomic mass is 9.88. The Bertz CT molecular complexity index is 1090. The molecule has 4 heteroatoms. The SMILES string of the molecule is Cc1ccc(N(Cc2cc3ccccc3[nH]c2=O)C(=O)C2CCCCC2)c(C)c1. The molecular weight excluding hydrogens is 360 g/mol. The highest BCUT2D eigenvalue weighted by atomic mass is 16.2. The van der Waals surface area contributed by atoms with E-state index in [0.717, 1.165) is 47.8 Å². The maximum Gasteiger partial charge on any atom is 0.253 e. The van der Waals surface area contributed by atoms with Gasteiger partial charge in [-0.05, 0) is 55.8 Å². The molecule has 0 saturated heterocycles. The van der Waals surface area contributed by atoms with Crippen molar-refractivity contribution in [1.82, 2.24) is 4.98 Å². The summed E-state index contributed by atoms with van der Waals surface area (Å²) in [5, 5.41) is 0.979.